The third kappa shape index (κ3) is 4.26. The van der Waals surface area contributed by atoms with Crippen LogP contribution in [0.5, 0.6) is 0 Å². The van der Waals surface area contributed by atoms with Crippen molar-refractivity contribution < 1.29 is 4.79 Å². The smallest absolute Gasteiger partial charge is 0.252 e. The van der Waals surface area contributed by atoms with Gasteiger partial charge >= 0.3 is 0 Å². The number of benzene rings is 2. The third-order valence-electron chi connectivity index (χ3n) is 6.03. The number of aryl methyl sites for hydroxylation is 2. The molecule has 1 aromatic heterocycles. The molecule has 0 radical (unpaired) electrons. The average Bonchev–Trinajstić information content (AvgIpc) is 2.71. The second-order valence-corrected chi connectivity index (χ2v) is 8.36. The Labute approximate surface area is 172 Å². The Morgan fingerprint density at radius 3 is 2.62 bits per heavy atom. The molecule has 0 bridgehead atoms. The van der Waals surface area contributed by atoms with Gasteiger partial charge in [0, 0.05) is 17.1 Å². The maximum Gasteiger partial charge on any atom is 0.252 e. The summed E-state index contributed by atoms with van der Waals surface area (Å²) < 4.78 is 0. The molecule has 2 N–H and O–H groups in total. The van der Waals surface area contributed by atoms with E-state index in [1.165, 1.54) is 24.8 Å². The van der Waals surface area contributed by atoms with Gasteiger partial charge in [-0.15, -0.1) is 0 Å². The van der Waals surface area contributed by atoms with Crippen LogP contribution in [0.3, 0.4) is 0 Å². The quantitative estimate of drug-likeness (QED) is 0.586. The minimum Gasteiger partial charge on any atom is -0.349 e. The van der Waals surface area contributed by atoms with E-state index in [2.05, 4.69) is 49.6 Å². The van der Waals surface area contributed by atoms with Crippen molar-refractivity contribution in [1.82, 2.24) is 10.3 Å². The van der Waals surface area contributed by atoms with Crippen molar-refractivity contribution in [2.24, 2.45) is 5.92 Å². The van der Waals surface area contributed by atoms with Crippen LogP contribution in [-0.4, -0.2) is 16.9 Å². The van der Waals surface area contributed by atoms with E-state index in [1.54, 1.807) is 0 Å². The molecule has 4 heteroatoms. The van der Waals surface area contributed by atoms with Crippen LogP contribution >= 0.6 is 0 Å². The molecule has 2 aromatic carbocycles. The van der Waals surface area contributed by atoms with Crippen LogP contribution in [0.1, 0.15) is 54.1 Å². The number of hydrogen-bond donors (Lipinski definition) is 2. The van der Waals surface area contributed by atoms with Gasteiger partial charge < -0.3 is 10.6 Å². The molecule has 0 spiro atoms. The van der Waals surface area contributed by atoms with Gasteiger partial charge in [0.1, 0.15) is 5.82 Å². The Bertz CT molecular complexity index is 1040. The zero-order chi connectivity index (χ0) is 20.4. The summed E-state index contributed by atoms with van der Waals surface area (Å²) in [7, 11) is 0. The summed E-state index contributed by atoms with van der Waals surface area (Å²) in [5.74, 6) is 1.21. The molecule has 3 aromatic rings. The van der Waals surface area contributed by atoms with Crippen molar-refractivity contribution in [3.05, 3.63) is 65.2 Å². The number of rotatable bonds is 4. The van der Waals surface area contributed by atoms with E-state index >= 15 is 0 Å². The van der Waals surface area contributed by atoms with Gasteiger partial charge in [0.25, 0.3) is 5.91 Å². The summed E-state index contributed by atoms with van der Waals surface area (Å²) in [6.45, 7) is 6.40. The Hall–Kier alpha value is -2.88. The number of fused-ring (bicyclic) bond motifs is 1. The number of aromatic nitrogens is 1. The first-order valence-corrected chi connectivity index (χ1v) is 10.6. The highest BCUT2D eigenvalue weighted by Crippen LogP contribution is 2.27. The number of para-hydroxylation sites is 1. The summed E-state index contributed by atoms with van der Waals surface area (Å²) in [5, 5.41) is 7.59. The number of carbonyl (C=O) groups is 1. The minimum atomic E-state index is -0.00831. The Balaban J connectivity index is 1.68. The second kappa shape index (κ2) is 8.24. The molecule has 0 unspecified atom stereocenters. The lowest BCUT2D eigenvalue weighted by atomic mass is 9.86. The first-order valence-electron chi connectivity index (χ1n) is 10.6. The molecule has 0 aliphatic heterocycles. The van der Waals surface area contributed by atoms with Crippen LogP contribution < -0.4 is 10.6 Å². The summed E-state index contributed by atoms with van der Waals surface area (Å²) in [6, 6.07) is 16.3. The minimum absolute atomic E-state index is 0.00831. The number of nitrogens with one attached hydrogen (secondary N) is 2. The van der Waals surface area contributed by atoms with E-state index in [0.29, 0.717) is 17.3 Å². The molecule has 1 aliphatic rings. The van der Waals surface area contributed by atoms with Crippen LogP contribution in [0.15, 0.2) is 48.5 Å². The normalized spacial score (nSPS) is 19.1. The molecule has 0 saturated heterocycles. The highest BCUT2D eigenvalue weighted by Gasteiger charge is 2.24. The number of amides is 1. The lowest BCUT2D eigenvalue weighted by Crippen LogP contribution is -2.41. The van der Waals surface area contributed by atoms with E-state index in [1.807, 2.05) is 30.3 Å². The van der Waals surface area contributed by atoms with E-state index < -0.39 is 0 Å². The Morgan fingerprint density at radius 2 is 1.83 bits per heavy atom. The van der Waals surface area contributed by atoms with Gasteiger partial charge in [0.2, 0.25) is 0 Å². The number of pyridine rings is 1. The number of anilines is 2. The van der Waals surface area contributed by atoms with Crippen molar-refractivity contribution in [1.29, 1.82) is 0 Å². The molecule has 1 aliphatic carbocycles. The van der Waals surface area contributed by atoms with Gasteiger partial charge in [-0.1, -0.05) is 55.7 Å². The summed E-state index contributed by atoms with van der Waals surface area (Å²) in [4.78, 5) is 18.0. The number of nitrogens with zero attached hydrogens (tertiary/aromatic N) is 1. The van der Waals surface area contributed by atoms with E-state index in [0.717, 1.165) is 28.6 Å². The molecule has 29 heavy (non-hydrogen) atoms. The van der Waals surface area contributed by atoms with Crippen molar-refractivity contribution in [2.75, 3.05) is 5.32 Å². The van der Waals surface area contributed by atoms with Crippen LogP contribution in [0.2, 0.25) is 0 Å². The van der Waals surface area contributed by atoms with Crippen molar-refractivity contribution in [2.45, 2.75) is 52.5 Å². The number of hydrogen-bond acceptors (Lipinski definition) is 3. The second-order valence-electron chi connectivity index (χ2n) is 8.36. The highest BCUT2D eigenvalue weighted by atomic mass is 16.1. The summed E-state index contributed by atoms with van der Waals surface area (Å²) >= 11 is 0. The molecule has 1 amide bonds. The molecule has 4 rings (SSSR count). The predicted octanol–water partition coefficient (Wildman–Crippen LogP) is 5.90. The molecule has 4 nitrogen and oxygen atoms in total. The zero-order valence-corrected chi connectivity index (χ0v) is 17.5. The molecule has 2 atom stereocenters. The van der Waals surface area contributed by atoms with E-state index in [9.17, 15) is 4.79 Å². The molecular formula is C25H29N3O. The van der Waals surface area contributed by atoms with Crippen molar-refractivity contribution in [3.63, 3.8) is 0 Å². The first kappa shape index (κ1) is 19.4. The standard InChI is InChI=1S/C25H29N3O/c1-16-12-13-22(18(3)14-16)26-24-15-20(19-9-5-7-11-23(19)27-24)25(29)28-21-10-6-4-8-17(21)2/h5,7,9,11-15,17,21H,4,6,8,10H2,1-3H3,(H,26,27)(H,28,29)/t17-,21+/m1/s1. The van der Waals surface area contributed by atoms with Gasteiger partial charge in [-0.2, -0.15) is 0 Å². The first-order chi connectivity index (χ1) is 14.0. The molecule has 150 valence electrons. The van der Waals surface area contributed by atoms with Crippen LogP contribution in [-0.2, 0) is 0 Å². The van der Waals surface area contributed by atoms with Gasteiger partial charge in [-0.05, 0) is 56.4 Å². The maximum atomic E-state index is 13.2. The zero-order valence-electron chi connectivity index (χ0n) is 17.5. The maximum absolute atomic E-state index is 13.2. The fourth-order valence-electron chi connectivity index (χ4n) is 4.30. The van der Waals surface area contributed by atoms with Crippen LogP contribution in [0.25, 0.3) is 10.9 Å². The van der Waals surface area contributed by atoms with Crippen LogP contribution in [0.4, 0.5) is 11.5 Å². The van der Waals surface area contributed by atoms with Gasteiger partial charge in [0.05, 0.1) is 11.1 Å². The number of carbonyl (C=O) groups excluding carboxylic acids is 1. The molecular weight excluding hydrogens is 358 g/mol. The summed E-state index contributed by atoms with van der Waals surface area (Å²) in [6.07, 6.45) is 4.69. The van der Waals surface area contributed by atoms with Gasteiger partial charge in [-0.25, -0.2) is 4.98 Å². The lowest BCUT2D eigenvalue weighted by molar-refractivity contribution is 0.0912. The fraction of sp³-hybridized carbons (Fsp3) is 0.360. The Kier molecular flexibility index (Phi) is 5.52. The average molecular weight is 388 g/mol. The largest absolute Gasteiger partial charge is 0.349 e. The fourth-order valence-corrected chi connectivity index (χ4v) is 4.30. The molecule has 1 heterocycles. The monoisotopic (exact) mass is 387 g/mol. The molecule has 1 saturated carbocycles. The molecule has 1 fully saturated rings. The van der Waals surface area contributed by atoms with Crippen molar-refractivity contribution in [3.8, 4) is 0 Å². The third-order valence-corrected chi connectivity index (χ3v) is 6.03. The van der Waals surface area contributed by atoms with E-state index in [-0.39, 0.29) is 11.9 Å². The van der Waals surface area contributed by atoms with Gasteiger partial charge in [0.15, 0.2) is 0 Å². The van der Waals surface area contributed by atoms with Crippen molar-refractivity contribution >= 4 is 28.3 Å². The Morgan fingerprint density at radius 1 is 1.03 bits per heavy atom. The van der Waals surface area contributed by atoms with Crippen LogP contribution in [0, 0.1) is 19.8 Å². The SMILES string of the molecule is Cc1ccc(Nc2cc(C(=O)N[C@H]3CCCC[C@H]3C)c3ccccc3n2)c(C)c1. The van der Waals surface area contributed by atoms with E-state index in [4.69, 9.17) is 4.98 Å². The predicted molar refractivity (Wildman–Crippen MR) is 120 cm³/mol. The lowest BCUT2D eigenvalue weighted by Gasteiger charge is -2.29. The topological polar surface area (TPSA) is 54.0 Å². The highest BCUT2D eigenvalue weighted by molar-refractivity contribution is 6.07. The summed E-state index contributed by atoms with van der Waals surface area (Å²) in [5.41, 5.74) is 4.89. The van der Waals surface area contributed by atoms with Gasteiger partial charge in [-0.3, -0.25) is 4.79 Å².